The molecule has 1 heterocycles. The molecular formula is C23H21NO5. The molecule has 2 aliphatic rings. The van der Waals surface area contributed by atoms with Crippen LogP contribution in [0.2, 0.25) is 0 Å². The highest BCUT2D eigenvalue weighted by atomic mass is 16.5. The molecule has 2 aromatic rings. The zero-order valence-corrected chi connectivity index (χ0v) is 15.9. The third kappa shape index (κ3) is 3.70. The summed E-state index contributed by atoms with van der Waals surface area (Å²) in [5, 5.41) is 0. The van der Waals surface area contributed by atoms with Gasteiger partial charge in [-0.05, 0) is 37.0 Å². The van der Waals surface area contributed by atoms with Gasteiger partial charge in [0, 0.05) is 12.8 Å². The maximum atomic E-state index is 13.1. The Morgan fingerprint density at radius 3 is 2.17 bits per heavy atom. The number of carbonyl (C=O) groups is 4. The van der Waals surface area contributed by atoms with Crippen molar-refractivity contribution in [2.45, 2.75) is 44.2 Å². The number of hydrogen-bond acceptors (Lipinski definition) is 5. The van der Waals surface area contributed by atoms with Crippen LogP contribution in [0.25, 0.3) is 0 Å². The number of rotatable bonds is 5. The van der Waals surface area contributed by atoms with Crippen molar-refractivity contribution in [2.24, 2.45) is 0 Å². The number of imide groups is 1. The van der Waals surface area contributed by atoms with Crippen LogP contribution in [-0.4, -0.2) is 40.6 Å². The minimum atomic E-state index is -1.13. The smallest absolute Gasteiger partial charge is 0.330 e. The van der Waals surface area contributed by atoms with E-state index in [2.05, 4.69) is 0 Å². The highest BCUT2D eigenvalue weighted by Gasteiger charge is 2.44. The van der Waals surface area contributed by atoms with Crippen LogP contribution in [0.4, 0.5) is 0 Å². The number of hydrogen-bond donors (Lipinski definition) is 0. The number of fused-ring (bicyclic) bond motifs is 1. The molecule has 0 bridgehead atoms. The van der Waals surface area contributed by atoms with Gasteiger partial charge in [-0.25, -0.2) is 4.79 Å². The van der Waals surface area contributed by atoms with Crippen molar-refractivity contribution in [3.8, 4) is 0 Å². The SMILES string of the molecule is O=C1CCCC[C@@H]1OC(=O)[C@@H](Cc1ccccc1)N1C(=O)c2ccccc2C1=O. The van der Waals surface area contributed by atoms with Gasteiger partial charge in [0.2, 0.25) is 0 Å². The van der Waals surface area contributed by atoms with Gasteiger partial charge in [-0.15, -0.1) is 0 Å². The van der Waals surface area contributed by atoms with Crippen LogP contribution in [0.15, 0.2) is 54.6 Å². The lowest BCUT2D eigenvalue weighted by molar-refractivity contribution is -0.160. The van der Waals surface area contributed by atoms with Crippen molar-refractivity contribution in [3.63, 3.8) is 0 Å². The Bertz CT molecular complexity index is 933. The fourth-order valence-electron chi connectivity index (χ4n) is 3.90. The predicted octanol–water partition coefficient (Wildman–Crippen LogP) is 2.95. The normalized spacial score (nSPS) is 19.8. The summed E-state index contributed by atoms with van der Waals surface area (Å²) in [6.07, 6.45) is 1.79. The van der Waals surface area contributed by atoms with Crippen molar-refractivity contribution < 1.29 is 23.9 Å². The molecule has 2 amide bonds. The van der Waals surface area contributed by atoms with Gasteiger partial charge in [0.1, 0.15) is 6.04 Å². The average molecular weight is 391 g/mol. The second-order valence-electron chi connectivity index (χ2n) is 7.37. The van der Waals surface area contributed by atoms with E-state index in [1.54, 1.807) is 24.3 Å². The summed E-state index contributed by atoms with van der Waals surface area (Å²) in [5.41, 5.74) is 1.34. The topological polar surface area (TPSA) is 80.8 Å². The largest absolute Gasteiger partial charge is 0.453 e. The molecule has 6 nitrogen and oxygen atoms in total. The van der Waals surface area contributed by atoms with Crippen molar-refractivity contribution in [1.29, 1.82) is 0 Å². The summed E-state index contributed by atoms with van der Waals surface area (Å²) in [5.74, 6) is -1.86. The lowest BCUT2D eigenvalue weighted by Crippen LogP contribution is -2.48. The molecule has 0 saturated heterocycles. The molecular weight excluding hydrogens is 370 g/mol. The van der Waals surface area contributed by atoms with E-state index >= 15 is 0 Å². The molecule has 29 heavy (non-hydrogen) atoms. The Balaban J connectivity index is 1.64. The van der Waals surface area contributed by atoms with Crippen LogP contribution in [0.5, 0.6) is 0 Å². The zero-order chi connectivity index (χ0) is 20.4. The number of Topliss-reactive ketones (excluding diaryl/α,β-unsaturated/α-hetero) is 1. The molecule has 1 aliphatic carbocycles. The Kier molecular flexibility index (Phi) is 5.25. The monoisotopic (exact) mass is 391 g/mol. The number of benzene rings is 2. The molecule has 1 aliphatic heterocycles. The van der Waals surface area contributed by atoms with Gasteiger partial charge in [0.15, 0.2) is 11.9 Å². The predicted molar refractivity (Wildman–Crippen MR) is 104 cm³/mol. The third-order valence-electron chi connectivity index (χ3n) is 5.44. The summed E-state index contributed by atoms with van der Waals surface area (Å²) < 4.78 is 5.51. The molecule has 4 rings (SSSR count). The van der Waals surface area contributed by atoms with Gasteiger partial charge in [-0.2, -0.15) is 0 Å². The lowest BCUT2D eigenvalue weighted by atomic mass is 9.96. The van der Waals surface area contributed by atoms with Gasteiger partial charge in [0.25, 0.3) is 11.8 Å². The Morgan fingerprint density at radius 2 is 1.55 bits per heavy atom. The fraction of sp³-hybridized carbons (Fsp3) is 0.304. The van der Waals surface area contributed by atoms with Crippen LogP contribution in [0.3, 0.4) is 0 Å². The summed E-state index contributed by atoms with van der Waals surface area (Å²) in [6, 6.07) is 14.5. The number of amides is 2. The molecule has 0 radical (unpaired) electrons. The molecule has 2 aromatic carbocycles. The first kappa shape index (κ1) is 19.1. The number of ether oxygens (including phenoxy) is 1. The number of esters is 1. The van der Waals surface area contributed by atoms with E-state index in [0.29, 0.717) is 12.8 Å². The molecule has 2 atom stereocenters. The molecule has 6 heteroatoms. The van der Waals surface area contributed by atoms with Crippen LogP contribution < -0.4 is 0 Å². The van der Waals surface area contributed by atoms with Crippen molar-refractivity contribution >= 4 is 23.6 Å². The summed E-state index contributed by atoms with van der Waals surface area (Å²) in [6.45, 7) is 0. The quantitative estimate of drug-likeness (QED) is 0.578. The Morgan fingerprint density at radius 1 is 0.931 bits per heavy atom. The van der Waals surface area contributed by atoms with Crippen LogP contribution in [0, 0.1) is 0 Å². The van der Waals surface area contributed by atoms with E-state index in [9.17, 15) is 19.2 Å². The zero-order valence-electron chi connectivity index (χ0n) is 15.9. The van der Waals surface area contributed by atoms with E-state index < -0.39 is 29.9 Å². The average Bonchev–Trinajstić information content (AvgIpc) is 2.99. The van der Waals surface area contributed by atoms with Gasteiger partial charge in [0.05, 0.1) is 11.1 Å². The van der Waals surface area contributed by atoms with E-state index in [1.807, 2.05) is 30.3 Å². The second-order valence-corrected chi connectivity index (χ2v) is 7.37. The van der Waals surface area contributed by atoms with E-state index in [1.165, 1.54) is 0 Å². The second kappa shape index (κ2) is 7.99. The Labute approximate surface area is 168 Å². The molecule has 0 N–H and O–H groups in total. The third-order valence-corrected chi connectivity index (χ3v) is 5.44. The molecule has 1 saturated carbocycles. The summed E-state index contributed by atoms with van der Waals surface area (Å²) >= 11 is 0. The van der Waals surface area contributed by atoms with Gasteiger partial charge >= 0.3 is 5.97 Å². The van der Waals surface area contributed by atoms with E-state index in [-0.39, 0.29) is 23.3 Å². The maximum absolute atomic E-state index is 13.1. The van der Waals surface area contributed by atoms with Crippen LogP contribution in [0.1, 0.15) is 52.0 Å². The van der Waals surface area contributed by atoms with Crippen molar-refractivity contribution in [2.75, 3.05) is 0 Å². The first-order valence-electron chi connectivity index (χ1n) is 9.80. The fourth-order valence-corrected chi connectivity index (χ4v) is 3.90. The number of ketones is 1. The number of nitrogens with zero attached hydrogens (tertiary/aromatic N) is 1. The van der Waals surface area contributed by atoms with Crippen LogP contribution in [-0.2, 0) is 20.7 Å². The first-order valence-corrected chi connectivity index (χ1v) is 9.80. The molecule has 0 aromatic heterocycles. The highest BCUT2D eigenvalue weighted by molar-refractivity contribution is 6.22. The van der Waals surface area contributed by atoms with Crippen molar-refractivity contribution in [3.05, 3.63) is 71.3 Å². The van der Waals surface area contributed by atoms with Crippen molar-refractivity contribution in [1.82, 2.24) is 4.90 Å². The first-order chi connectivity index (χ1) is 14.1. The van der Waals surface area contributed by atoms with Crippen LogP contribution >= 0.6 is 0 Å². The van der Waals surface area contributed by atoms with Gasteiger partial charge in [-0.3, -0.25) is 19.3 Å². The highest BCUT2D eigenvalue weighted by Crippen LogP contribution is 2.27. The number of carbonyl (C=O) groups excluding carboxylic acids is 4. The molecule has 148 valence electrons. The van der Waals surface area contributed by atoms with Gasteiger partial charge < -0.3 is 4.74 Å². The summed E-state index contributed by atoms with van der Waals surface area (Å²) in [7, 11) is 0. The Hall–Kier alpha value is -3.28. The summed E-state index contributed by atoms with van der Waals surface area (Å²) in [4.78, 5) is 52.0. The molecule has 1 fully saturated rings. The maximum Gasteiger partial charge on any atom is 0.330 e. The molecule has 0 unspecified atom stereocenters. The lowest BCUT2D eigenvalue weighted by Gasteiger charge is -2.28. The van der Waals surface area contributed by atoms with E-state index in [4.69, 9.17) is 4.74 Å². The van der Waals surface area contributed by atoms with Gasteiger partial charge in [-0.1, -0.05) is 42.5 Å². The van der Waals surface area contributed by atoms with E-state index in [0.717, 1.165) is 23.3 Å². The minimum Gasteiger partial charge on any atom is -0.453 e. The molecule has 0 spiro atoms. The standard InChI is InChI=1S/C23H21NO5/c25-19-12-6-7-13-20(19)29-23(28)18(14-15-8-2-1-3-9-15)24-21(26)16-10-4-5-11-17(16)22(24)27/h1-5,8-11,18,20H,6-7,12-14H2/t18-,20+/m1/s1. The minimum absolute atomic E-state index is 0.106.